The van der Waals surface area contributed by atoms with E-state index in [1.165, 1.54) is 0 Å². The summed E-state index contributed by atoms with van der Waals surface area (Å²) in [7, 11) is 0. The lowest BCUT2D eigenvalue weighted by atomic mass is 10.0. The predicted octanol–water partition coefficient (Wildman–Crippen LogP) is 2.50. The van der Waals surface area contributed by atoms with Gasteiger partial charge >= 0.3 is 0 Å². The summed E-state index contributed by atoms with van der Waals surface area (Å²) in [5.41, 5.74) is 5.35. The van der Waals surface area contributed by atoms with E-state index >= 15 is 0 Å². The van der Waals surface area contributed by atoms with Gasteiger partial charge < -0.3 is 10.8 Å². The highest BCUT2D eigenvalue weighted by Gasteiger charge is 2.17. The van der Waals surface area contributed by atoms with Crippen LogP contribution in [0.5, 0.6) is 5.75 Å². The third-order valence-electron chi connectivity index (χ3n) is 1.93. The Hall–Kier alpha value is -0.870. The smallest absolute Gasteiger partial charge is 0.165 e. The number of phenolic OH excluding ortho intramolecular Hbond substituents is 1. The molecule has 3 N–H and O–H groups in total. The Labute approximate surface area is 87.1 Å². The quantitative estimate of drug-likeness (QED) is 0.809. The second-order valence-electron chi connectivity index (χ2n) is 2.81. The van der Waals surface area contributed by atoms with Gasteiger partial charge in [0.05, 0.1) is 0 Å². The van der Waals surface area contributed by atoms with Crippen LogP contribution in [0, 0.1) is 11.6 Å². The van der Waals surface area contributed by atoms with Gasteiger partial charge in [0.1, 0.15) is 5.82 Å². The van der Waals surface area contributed by atoms with Gasteiger partial charge in [-0.15, -0.1) is 12.4 Å². The van der Waals surface area contributed by atoms with Crippen LogP contribution in [-0.2, 0) is 0 Å². The molecular weight excluding hydrogens is 212 g/mol. The van der Waals surface area contributed by atoms with E-state index in [1.54, 1.807) is 6.92 Å². The maximum absolute atomic E-state index is 13.1. The highest BCUT2D eigenvalue weighted by molar-refractivity contribution is 5.85. The summed E-state index contributed by atoms with van der Waals surface area (Å²) in [5.74, 6) is -2.21. The van der Waals surface area contributed by atoms with Gasteiger partial charge in [0.15, 0.2) is 11.6 Å². The molecule has 14 heavy (non-hydrogen) atoms. The van der Waals surface area contributed by atoms with Crippen molar-refractivity contribution in [1.29, 1.82) is 0 Å². The second-order valence-corrected chi connectivity index (χ2v) is 2.81. The summed E-state index contributed by atoms with van der Waals surface area (Å²) < 4.78 is 25.8. The standard InChI is InChI=1S/C9H11F2NO.ClH/c1-2-7(12)8-5(10)3-4-6(11)9(8)13;/h3-4,7,13H,2,12H2,1H3;1H/t7-;/m1./s1. The van der Waals surface area contributed by atoms with Crippen molar-refractivity contribution in [1.82, 2.24) is 0 Å². The van der Waals surface area contributed by atoms with Crippen molar-refractivity contribution in [3.8, 4) is 5.75 Å². The van der Waals surface area contributed by atoms with Crippen LogP contribution in [0.2, 0.25) is 0 Å². The van der Waals surface area contributed by atoms with E-state index in [-0.39, 0.29) is 18.0 Å². The average molecular weight is 224 g/mol. The summed E-state index contributed by atoms with van der Waals surface area (Å²) in [6.45, 7) is 1.73. The summed E-state index contributed by atoms with van der Waals surface area (Å²) in [6.07, 6.45) is 0.438. The van der Waals surface area contributed by atoms with Gasteiger partial charge in [-0.25, -0.2) is 8.78 Å². The van der Waals surface area contributed by atoms with Crippen LogP contribution < -0.4 is 5.73 Å². The number of aromatic hydroxyl groups is 1. The summed E-state index contributed by atoms with van der Waals surface area (Å²) in [6, 6.07) is 1.16. The molecule has 0 aliphatic heterocycles. The summed E-state index contributed by atoms with van der Waals surface area (Å²) >= 11 is 0. The van der Waals surface area contributed by atoms with Gasteiger partial charge in [0, 0.05) is 11.6 Å². The van der Waals surface area contributed by atoms with E-state index in [4.69, 9.17) is 5.73 Å². The number of hydrogen-bond acceptors (Lipinski definition) is 2. The SMILES string of the molecule is CC[C@@H](N)c1c(F)ccc(F)c1O.Cl. The monoisotopic (exact) mass is 223 g/mol. The zero-order chi connectivity index (χ0) is 10.0. The fourth-order valence-corrected chi connectivity index (χ4v) is 1.11. The minimum atomic E-state index is -0.847. The van der Waals surface area contributed by atoms with E-state index in [1.807, 2.05) is 0 Å². The van der Waals surface area contributed by atoms with Crippen LogP contribution in [-0.4, -0.2) is 5.11 Å². The molecule has 0 saturated carbocycles. The molecule has 0 bridgehead atoms. The maximum Gasteiger partial charge on any atom is 0.165 e. The number of benzene rings is 1. The van der Waals surface area contributed by atoms with Gasteiger partial charge in [-0.2, -0.15) is 0 Å². The highest BCUT2D eigenvalue weighted by Crippen LogP contribution is 2.29. The van der Waals surface area contributed by atoms with Gasteiger partial charge in [0.25, 0.3) is 0 Å². The van der Waals surface area contributed by atoms with Gasteiger partial charge in [-0.1, -0.05) is 6.92 Å². The van der Waals surface area contributed by atoms with Crippen molar-refractivity contribution in [2.24, 2.45) is 5.73 Å². The minimum Gasteiger partial charge on any atom is -0.505 e. The number of halogens is 3. The first-order valence-electron chi connectivity index (χ1n) is 4.00. The largest absolute Gasteiger partial charge is 0.505 e. The van der Waals surface area contributed by atoms with E-state index in [9.17, 15) is 13.9 Å². The maximum atomic E-state index is 13.1. The molecule has 0 aliphatic carbocycles. The molecule has 0 aliphatic rings. The van der Waals surface area contributed by atoms with Crippen LogP contribution in [0.1, 0.15) is 24.9 Å². The lowest BCUT2D eigenvalue weighted by molar-refractivity contribution is 0.409. The fraction of sp³-hybridized carbons (Fsp3) is 0.333. The zero-order valence-corrected chi connectivity index (χ0v) is 8.44. The molecule has 0 fully saturated rings. The first-order chi connectivity index (χ1) is 6.07. The molecule has 0 spiro atoms. The van der Waals surface area contributed by atoms with Crippen LogP contribution in [0.3, 0.4) is 0 Å². The first-order valence-corrected chi connectivity index (χ1v) is 4.00. The molecule has 0 radical (unpaired) electrons. The molecular formula is C9H12ClF2NO. The van der Waals surface area contributed by atoms with E-state index < -0.39 is 23.4 Å². The summed E-state index contributed by atoms with van der Waals surface area (Å²) in [4.78, 5) is 0. The number of phenols is 1. The van der Waals surface area contributed by atoms with Crippen molar-refractivity contribution in [3.05, 3.63) is 29.3 Å². The third-order valence-corrected chi connectivity index (χ3v) is 1.93. The lowest BCUT2D eigenvalue weighted by Crippen LogP contribution is -2.11. The topological polar surface area (TPSA) is 46.2 Å². The average Bonchev–Trinajstić information content (AvgIpc) is 2.12. The summed E-state index contributed by atoms with van der Waals surface area (Å²) in [5, 5.41) is 9.18. The van der Waals surface area contributed by atoms with Gasteiger partial charge in [-0.3, -0.25) is 0 Å². The first kappa shape index (κ1) is 13.1. The minimum absolute atomic E-state index is 0. The number of rotatable bonds is 2. The molecule has 1 aromatic carbocycles. The fourth-order valence-electron chi connectivity index (χ4n) is 1.11. The molecule has 80 valence electrons. The van der Waals surface area contributed by atoms with Crippen molar-refractivity contribution in [2.45, 2.75) is 19.4 Å². The van der Waals surface area contributed by atoms with Gasteiger partial charge in [0.2, 0.25) is 0 Å². The molecule has 0 amide bonds. The Balaban J connectivity index is 0.00000169. The van der Waals surface area contributed by atoms with E-state index in [0.717, 1.165) is 12.1 Å². The highest BCUT2D eigenvalue weighted by atomic mass is 35.5. The second kappa shape index (κ2) is 5.12. The Kier molecular flexibility index (Phi) is 4.80. The van der Waals surface area contributed by atoms with Crippen LogP contribution >= 0.6 is 12.4 Å². The number of hydrogen-bond donors (Lipinski definition) is 2. The molecule has 2 nitrogen and oxygen atoms in total. The lowest BCUT2D eigenvalue weighted by Gasteiger charge is -2.12. The van der Waals surface area contributed by atoms with E-state index in [2.05, 4.69) is 0 Å². The number of nitrogens with two attached hydrogens (primary N) is 1. The molecule has 0 heterocycles. The Bertz CT molecular complexity index is 320. The molecule has 1 rings (SSSR count). The van der Waals surface area contributed by atoms with Gasteiger partial charge in [-0.05, 0) is 18.6 Å². The molecule has 0 unspecified atom stereocenters. The van der Waals surface area contributed by atoms with E-state index in [0.29, 0.717) is 6.42 Å². The van der Waals surface area contributed by atoms with Crippen molar-refractivity contribution >= 4 is 12.4 Å². The van der Waals surface area contributed by atoms with Crippen molar-refractivity contribution in [2.75, 3.05) is 0 Å². The Morgan fingerprint density at radius 1 is 1.36 bits per heavy atom. The predicted molar refractivity (Wildman–Crippen MR) is 52.5 cm³/mol. The van der Waals surface area contributed by atoms with Crippen LogP contribution in [0.4, 0.5) is 8.78 Å². The molecule has 1 atom stereocenters. The van der Waals surface area contributed by atoms with Crippen LogP contribution in [0.25, 0.3) is 0 Å². The molecule has 5 heteroatoms. The zero-order valence-electron chi connectivity index (χ0n) is 7.63. The molecule has 1 aromatic rings. The Morgan fingerprint density at radius 2 is 1.86 bits per heavy atom. The third kappa shape index (κ3) is 2.33. The Morgan fingerprint density at radius 3 is 2.36 bits per heavy atom. The molecule has 0 saturated heterocycles. The molecule has 0 aromatic heterocycles. The normalized spacial score (nSPS) is 12.0. The van der Waals surface area contributed by atoms with Crippen molar-refractivity contribution in [3.63, 3.8) is 0 Å². The van der Waals surface area contributed by atoms with Crippen molar-refractivity contribution < 1.29 is 13.9 Å². The van der Waals surface area contributed by atoms with Crippen LogP contribution in [0.15, 0.2) is 12.1 Å².